The van der Waals surface area contributed by atoms with Crippen LogP contribution in [-0.4, -0.2) is 31.4 Å². The van der Waals surface area contributed by atoms with Crippen LogP contribution >= 0.6 is 15.9 Å². The Labute approximate surface area is 143 Å². The molecule has 1 aromatic rings. The van der Waals surface area contributed by atoms with Crippen molar-refractivity contribution < 1.29 is 23.5 Å². The van der Waals surface area contributed by atoms with E-state index >= 15 is 0 Å². The van der Waals surface area contributed by atoms with Gasteiger partial charge in [0, 0.05) is 6.21 Å². The molecule has 0 aliphatic heterocycles. The third-order valence-electron chi connectivity index (χ3n) is 3.17. The average molecular weight is 388 g/mol. The Hall–Kier alpha value is -1.76. The van der Waals surface area contributed by atoms with Gasteiger partial charge >= 0.3 is 11.9 Å². The quantitative estimate of drug-likeness (QED) is 0.405. The van der Waals surface area contributed by atoms with E-state index in [1.165, 1.54) is 24.4 Å². The molecule has 0 amide bonds. The Morgan fingerprint density at radius 3 is 2.22 bits per heavy atom. The molecule has 0 aliphatic carbocycles. The van der Waals surface area contributed by atoms with Gasteiger partial charge in [0.1, 0.15) is 5.82 Å². The average Bonchev–Trinajstić information content (AvgIpc) is 2.52. The fraction of sp³-hybridized carbons (Fsp3) is 0.438. The molecule has 126 valence electrons. The molecule has 0 fully saturated rings. The highest BCUT2D eigenvalue weighted by molar-refractivity contribution is 9.10. The number of halogens is 2. The van der Waals surface area contributed by atoms with Gasteiger partial charge in [-0.15, -0.1) is 0 Å². The number of hydrogen-bond donors (Lipinski definition) is 0. The molecule has 0 bridgehead atoms. The van der Waals surface area contributed by atoms with Crippen LogP contribution in [0.4, 0.5) is 10.1 Å². The molecular formula is C16H19BrFNO4. The molecule has 5 nitrogen and oxygen atoms in total. The lowest BCUT2D eigenvalue weighted by Crippen LogP contribution is -2.43. The number of benzene rings is 1. The predicted octanol–water partition coefficient (Wildman–Crippen LogP) is 3.81. The maximum atomic E-state index is 13.2. The summed E-state index contributed by atoms with van der Waals surface area (Å²) in [6.45, 7) is 5.24. The van der Waals surface area contributed by atoms with E-state index in [9.17, 15) is 14.0 Å². The first-order chi connectivity index (χ1) is 10.9. The van der Waals surface area contributed by atoms with Crippen LogP contribution < -0.4 is 0 Å². The molecule has 0 spiro atoms. The van der Waals surface area contributed by atoms with Crippen molar-refractivity contribution in [3.63, 3.8) is 0 Å². The Balaban J connectivity index is 3.22. The summed E-state index contributed by atoms with van der Waals surface area (Å²) in [6.07, 6.45) is 1.35. The van der Waals surface area contributed by atoms with E-state index in [0.717, 1.165) is 0 Å². The zero-order valence-electron chi connectivity index (χ0n) is 13.3. The van der Waals surface area contributed by atoms with Gasteiger partial charge in [-0.1, -0.05) is 6.92 Å². The van der Waals surface area contributed by atoms with Crippen molar-refractivity contribution in [1.82, 2.24) is 0 Å². The second kappa shape index (κ2) is 8.76. The molecule has 7 heteroatoms. The van der Waals surface area contributed by atoms with E-state index < -0.39 is 23.2 Å². The van der Waals surface area contributed by atoms with Crippen molar-refractivity contribution in [1.29, 1.82) is 0 Å². The van der Waals surface area contributed by atoms with Gasteiger partial charge in [0.2, 0.25) is 0 Å². The predicted molar refractivity (Wildman–Crippen MR) is 88.2 cm³/mol. The number of nitrogens with zero attached hydrogens (tertiary/aromatic N) is 1. The fourth-order valence-corrected chi connectivity index (χ4v) is 2.21. The summed E-state index contributed by atoms with van der Waals surface area (Å²) in [5.74, 6) is -1.86. The third kappa shape index (κ3) is 4.60. The van der Waals surface area contributed by atoms with Crippen molar-refractivity contribution in [2.24, 2.45) is 10.4 Å². The summed E-state index contributed by atoms with van der Waals surface area (Å²) >= 11 is 3.06. The largest absolute Gasteiger partial charge is 0.465 e. The molecule has 1 rings (SSSR count). The van der Waals surface area contributed by atoms with Gasteiger partial charge in [-0.3, -0.25) is 14.6 Å². The lowest BCUT2D eigenvalue weighted by molar-refractivity contribution is -0.166. The van der Waals surface area contributed by atoms with Gasteiger partial charge in [0.25, 0.3) is 0 Å². The van der Waals surface area contributed by atoms with Crippen LogP contribution in [0.15, 0.2) is 27.7 Å². The highest BCUT2D eigenvalue weighted by Gasteiger charge is 2.46. The van der Waals surface area contributed by atoms with Crippen LogP contribution in [-0.2, 0) is 19.1 Å². The molecule has 0 radical (unpaired) electrons. The number of aliphatic imine (C=N–C) groups is 1. The molecule has 0 N–H and O–H groups in total. The number of carbonyl (C=O) groups is 2. The monoisotopic (exact) mass is 387 g/mol. The topological polar surface area (TPSA) is 65.0 Å². The summed E-state index contributed by atoms with van der Waals surface area (Å²) in [5.41, 5.74) is -1.22. The van der Waals surface area contributed by atoms with Crippen LogP contribution in [0.3, 0.4) is 0 Å². The highest BCUT2D eigenvalue weighted by Crippen LogP contribution is 2.27. The lowest BCUT2D eigenvalue weighted by Gasteiger charge is -2.23. The van der Waals surface area contributed by atoms with E-state index in [0.29, 0.717) is 5.69 Å². The van der Waals surface area contributed by atoms with Gasteiger partial charge in [-0.2, -0.15) is 0 Å². The number of ether oxygens (including phenoxy) is 2. The zero-order chi connectivity index (χ0) is 17.5. The van der Waals surface area contributed by atoms with E-state index in [1.54, 1.807) is 20.8 Å². The van der Waals surface area contributed by atoms with Gasteiger partial charge in [-0.05, 0) is 54.4 Å². The van der Waals surface area contributed by atoms with Crippen molar-refractivity contribution in [2.45, 2.75) is 27.2 Å². The molecule has 0 atom stereocenters. The molecule has 0 aliphatic rings. The second-order valence-electron chi connectivity index (χ2n) is 4.62. The summed E-state index contributed by atoms with van der Waals surface area (Å²) in [7, 11) is 0. The summed E-state index contributed by atoms with van der Waals surface area (Å²) in [4.78, 5) is 28.7. The molecule has 1 aromatic carbocycles. The zero-order valence-corrected chi connectivity index (χ0v) is 14.9. The SMILES string of the molecule is CCOC(=O)C(C=Nc1ccc(F)c(Br)c1)(CC)C(=O)OCC. The van der Waals surface area contributed by atoms with Crippen LogP contribution in [0.1, 0.15) is 27.2 Å². The smallest absolute Gasteiger partial charge is 0.329 e. The minimum absolute atomic E-state index is 0.135. The van der Waals surface area contributed by atoms with Crippen LogP contribution in [0, 0.1) is 11.2 Å². The lowest BCUT2D eigenvalue weighted by atomic mass is 9.86. The molecule has 0 aromatic heterocycles. The van der Waals surface area contributed by atoms with Crippen LogP contribution in [0.5, 0.6) is 0 Å². The highest BCUT2D eigenvalue weighted by atomic mass is 79.9. The number of hydrogen-bond acceptors (Lipinski definition) is 5. The maximum absolute atomic E-state index is 13.2. The van der Waals surface area contributed by atoms with Gasteiger partial charge < -0.3 is 9.47 Å². The minimum Gasteiger partial charge on any atom is -0.465 e. The van der Waals surface area contributed by atoms with Crippen LogP contribution in [0.25, 0.3) is 0 Å². The van der Waals surface area contributed by atoms with E-state index in [-0.39, 0.29) is 24.1 Å². The Kier molecular flexibility index (Phi) is 7.35. The van der Waals surface area contributed by atoms with Gasteiger partial charge in [0.05, 0.1) is 23.4 Å². The second-order valence-corrected chi connectivity index (χ2v) is 5.48. The van der Waals surface area contributed by atoms with Crippen molar-refractivity contribution in [2.75, 3.05) is 13.2 Å². The fourth-order valence-electron chi connectivity index (χ4n) is 1.84. The maximum Gasteiger partial charge on any atom is 0.329 e. The summed E-state index contributed by atoms with van der Waals surface area (Å²) < 4.78 is 23.5. The molecule has 0 saturated carbocycles. The normalized spacial score (nSPS) is 11.5. The van der Waals surface area contributed by atoms with Crippen molar-refractivity contribution >= 4 is 39.8 Å². The van der Waals surface area contributed by atoms with Gasteiger partial charge in [0.15, 0.2) is 5.41 Å². The molecule has 0 saturated heterocycles. The molecule has 0 unspecified atom stereocenters. The molecular weight excluding hydrogens is 369 g/mol. The summed E-state index contributed by atoms with van der Waals surface area (Å²) in [6, 6.07) is 4.12. The van der Waals surface area contributed by atoms with Crippen molar-refractivity contribution in [3.05, 3.63) is 28.5 Å². The minimum atomic E-state index is -1.62. The number of carbonyl (C=O) groups excluding carboxylic acids is 2. The van der Waals surface area contributed by atoms with E-state index in [4.69, 9.17) is 9.47 Å². The number of esters is 2. The molecule has 0 heterocycles. The Morgan fingerprint density at radius 1 is 1.22 bits per heavy atom. The van der Waals surface area contributed by atoms with E-state index in [2.05, 4.69) is 20.9 Å². The Morgan fingerprint density at radius 2 is 1.78 bits per heavy atom. The first kappa shape index (κ1) is 19.3. The standard InChI is InChI=1S/C16H19BrFNO4/c1-4-16(14(20)22-5-2,15(21)23-6-3)10-19-11-7-8-13(18)12(17)9-11/h7-10H,4-6H2,1-3H3. The summed E-state index contributed by atoms with van der Waals surface area (Å²) in [5, 5.41) is 0. The van der Waals surface area contributed by atoms with Gasteiger partial charge in [-0.25, -0.2) is 4.39 Å². The molecule has 23 heavy (non-hydrogen) atoms. The van der Waals surface area contributed by atoms with Crippen molar-refractivity contribution in [3.8, 4) is 0 Å². The van der Waals surface area contributed by atoms with E-state index in [1.807, 2.05) is 0 Å². The third-order valence-corrected chi connectivity index (χ3v) is 3.78. The first-order valence-electron chi connectivity index (χ1n) is 7.26. The van der Waals surface area contributed by atoms with Crippen LogP contribution in [0.2, 0.25) is 0 Å². The number of rotatable bonds is 7. The first-order valence-corrected chi connectivity index (χ1v) is 8.05. The Bertz CT molecular complexity index is 586.